The minimum Gasteiger partial charge on any atom is -0.380 e. The topological polar surface area (TPSA) is 24.9 Å². The van der Waals surface area contributed by atoms with Crippen LogP contribution in [0, 0.1) is 13.8 Å². The highest BCUT2D eigenvalue weighted by atomic mass is 35.5. The van der Waals surface area contributed by atoms with E-state index >= 15 is 0 Å². The van der Waals surface area contributed by atoms with E-state index in [0.29, 0.717) is 5.15 Å². The predicted octanol–water partition coefficient (Wildman–Crippen LogP) is 3.96. The molecule has 17 heavy (non-hydrogen) atoms. The van der Waals surface area contributed by atoms with Crippen LogP contribution in [0.2, 0.25) is 5.15 Å². The molecule has 0 radical (unpaired) electrons. The highest BCUT2D eigenvalue weighted by Crippen LogP contribution is 2.14. The van der Waals surface area contributed by atoms with Crippen molar-refractivity contribution in [2.75, 3.05) is 5.32 Å². The largest absolute Gasteiger partial charge is 0.380 e. The van der Waals surface area contributed by atoms with Gasteiger partial charge in [-0.2, -0.15) is 0 Å². The third-order valence-electron chi connectivity index (χ3n) is 2.71. The molecule has 3 heteroatoms. The van der Waals surface area contributed by atoms with E-state index in [1.807, 2.05) is 6.07 Å². The maximum Gasteiger partial charge on any atom is 0.129 e. The van der Waals surface area contributed by atoms with E-state index in [2.05, 4.69) is 42.3 Å². The van der Waals surface area contributed by atoms with Crippen LogP contribution in [0.3, 0.4) is 0 Å². The molecular weight excluding hydrogens is 232 g/mol. The molecule has 0 aliphatic carbocycles. The van der Waals surface area contributed by atoms with Crippen LogP contribution in [0.4, 0.5) is 5.69 Å². The first-order valence-corrected chi connectivity index (χ1v) is 5.94. The summed E-state index contributed by atoms with van der Waals surface area (Å²) in [5.41, 5.74) is 4.87. The summed E-state index contributed by atoms with van der Waals surface area (Å²) in [4.78, 5) is 4.03. The molecule has 88 valence electrons. The zero-order valence-electron chi connectivity index (χ0n) is 10.00. The lowest BCUT2D eigenvalue weighted by Gasteiger charge is -2.09. The van der Waals surface area contributed by atoms with Gasteiger partial charge in [0.05, 0.1) is 11.9 Å². The number of benzene rings is 1. The number of nitrogens with zero attached hydrogens (tertiary/aromatic N) is 1. The Morgan fingerprint density at radius 3 is 2.65 bits per heavy atom. The van der Waals surface area contributed by atoms with Crippen molar-refractivity contribution in [2.24, 2.45) is 0 Å². The van der Waals surface area contributed by atoms with Gasteiger partial charge in [-0.1, -0.05) is 35.4 Å². The summed E-state index contributed by atoms with van der Waals surface area (Å²) in [5, 5.41) is 3.84. The number of rotatable bonds is 3. The van der Waals surface area contributed by atoms with E-state index < -0.39 is 0 Å². The number of aryl methyl sites for hydroxylation is 2. The van der Waals surface area contributed by atoms with Gasteiger partial charge < -0.3 is 5.32 Å². The molecule has 0 aliphatic heterocycles. The van der Waals surface area contributed by atoms with Gasteiger partial charge in [-0.05, 0) is 37.1 Å². The Hall–Kier alpha value is -1.54. The van der Waals surface area contributed by atoms with E-state index in [1.165, 1.54) is 16.7 Å². The molecule has 0 bridgehead atoms. The summed E-state index contributed by atoms with van der Waals surface area (Å²) in [6.07, 6.45) is 1.74. The summed E-state index contributed by atoms with van der Waals surface area (Å²) in [5.74, 6) is 0. The van der Waals surface area contributed by atoms with Gasteiger partial charge in [0, 0.05) is 6.54 Å². The van der Waals surface area contributed by atoms with Crippen LogP contribution in [0.25, 0.3) is 0 Å². The summed E-state index contributed by atoms with van der Waals surface area (Å²) in [6, 6.07) is 10.2. The van der Waals surface area contributed by atoms with Gasteiger partial charge >= 0.3 is 0 Å². The Kier molecular flexibility index (Phi) is 3.64. The SMILES string of the molecule is Cc1ccc(CNc2ccc(Cl)nc2)c(C)c1. The second kappa shape index (κ2) is 5.19. The van der Waals surface area contributed by atoms with Crippen molar-refractivity contribution in [3.05, 3.63) is 58.4 Å². The summed E-state index contributed by atoms with van der Waals surface area (Å²) < 4.78 is 0. The average molecular weight is 247 g/mol. The molecule has 0 saturated heterocycles. The van der Waals surface area contributed by atoms with Crippen LogP contribution in [-0.4, -0.2) is 4.98 Å². The van der Waals surface area contributed by atoms with Crippen LogP contribution in [0.15, 0.2) is 36.5 Å². The Bertz CT molecular complexity index is 506. The standard InChI is InChI=1S/C14H15ClN2/c1-10-3-4-12(11(2)7-10)8-16-13-5-6-14(15)17-9-13/h3-7,9,16H,8H2,1-2H3. The van der Waals surface area contributed by atoms with Crippen molar-refractivity contribution in [3.8, 4) is 0 Å². The number of pyridine rings is 1. The van der Waals surface area contributed by atoms with Crippen LogP contribution in [0.1, 0.15) is 16.7 Å². The highest BCUT2D eigenvalue weighted by molar-refractivity contribution is 6.29. The minimum absolute atomic E-state index is 0.516. The fourth-order valence-corrected chi connectivity index (χ4v) is 1.83. The maximum atomic E-state index is 5.73. The Morgan fingerprint density at radius 1 is 1.18 bits per heavy atom. The number of aromatic nitrogens is 1. The number of hydrogen-bond acceptors (Lipinski definition) is 2. The highest BCUT2D eigenvalue weighted by Gasteiger charge is 1.99. The predicted molar refractivity (Wildman–Crippen MR) is 72.5 cm³/mol. The van der Waals surface area contributed by atoms with Crippen LogP contribution < -0.4 is 5.32 Å². The smallest absolute Gasteiger partial charge is 0.129 e. The number of halogens is 1. The van der Waals surface area contributed by atoms with E-state index in [1.54, 1.807) is 12.3 Å². The van der Waals surface area contributed by atoms with Gasteiger partial charge in [0.15, 0.2) is 0 Å². The lowest BCUT2D eigenvalue weighted by Crippen LogP contribution is -2.01. The molecule has 0 saturated carbocycles. The molecular formula is C14H15ClN2. The first kappa shape index (κ1) is 11.9. The number of hydrogen-bond donors (Lipinski definition) is 1. The molecule has 0 aliphatic rings. The summed E-state index contributed by atoms with van der Waals surface area (Å²) in [7, 11) is 0. The molecule has 2 rings (SSSR count). The second-order valence-electron chi connectivity index (χ2n) is 4.15. The third kappa shape index (κ3) is 3.21. The first-order chi connectivity index (χ1) is 8.15. The lowest BCUT2D eigenvalue weighted by molar-refractivity contribution is 1.10. The van der Waals surface area contributed by atoms with E-state index in [0.717, 1.165) is 12.2 Å². The molecule has 0 unspecified atom stereocenters. The fraction of sp³-hybridized carbons (Fsp3) is 0.214. The van der Waals surface area contributed by atoms with Gasteiger partial charge in [0.1, 0.15) is 5.15 Å². The molecule has 1 heterocycles. The van der Waals surface area contributed by atoms with E-state index in [-0.39, 0.29) is 0 Å². The van der Waals surface area contributed by atoms with Crippen LogP contribution in [0.5, 0.6) is 0 Å². The van der Waals surface area contributed by atoms with Gasteiger partial charge in [0.2, 0.25) is 0 Å². The van der Waals surface area contributed by atoms with Crippen molar-refractivity contribution in [1.29, 1.82) is 0 Å². The number of nitrogens with one attached hydrogen (secondary N) is 1. The van der Waals surface area contributed by atoms with Gasteiger partial charge in [-0.3, -0.25) is 0 Å². The molecule has 1 aromatic carbocycles. The average Bonchev–Trinajstić information content (AvgIpc) is 2.30. The summed E-state index contributed by atoms with van der Waals surface area (Å²) >= 11 is 5.73. The third-order valence-corrected chi connectivity index (χ3v) is 2.93. The molecule has 0 atom stereocenters. The Balaban J connectivity index is 2.04. The fourth-order valence-electron chi connectivity index (χ4n) is 1.72. The maximum absolute atomic E-state index is 5.73. The van der Waals surface area contributed by atoms with Gasteiger partial charge in [-0.15, -0.1) is 0 Å². The zero-order valence-corrected chi connectivity index (χ0v) is 10.8. The molecule has 2 nitrogen and oxygen atoms in total. The van der Waals surface area contributed by atoms with Crippen molar-refractivity contribution < 1.29 is 0 Å². The molecule has 1 N–H and O–H groups in total. The Morgan fingerprint density at radius 2 is 2.00 bits per heavy atom. The van der Waals surface area contributed by atoms with Crippen molar-refractivity contribution in [3.63, 3.8) is 0 Å². The normalized spacial score (nSPS) is 10.3. The lowest BCUT2D eigenvalue weighted by atomic mass is 10.1. The summed E-state index contributed by atoms with van der Waals surface area (Å²) in [6.45, 7) is 5.03. The number of anilines is 1. The van der Waals surface area contributed by atoms with E-state index in [9.17, 15) is 0 Å². The van der Waals surface area contributed by atoms with Crippen molar-refractivity contribution in [1.82, 2.24) is 4.98 Å². The molecule has 1 aromatic heterocycles. The Labute approximate surface area is 107 Å². The molecule has 2 aromatic rings. The zero-order chi connectivity index (χ0) is 12.3. The first-order valence-electron chi connectivity index (χ1n) is 5.57. The quantitative estimate of drug-likeness (QED) is 0.829. The van der Waals surface area contributed by atoms with Gasteiger partial charge in [-0.25, -0.2) is 4.98 Å². The van der Waals surface area contributed by atoms with E-state index in [4.69, 9.17) is 11.6 Å². The second-order valence-corrected chi connectivity index (χ2v) is 4.54. The molecule has 0 amide bonds. The van der Waals surface area contributed by atoms with Crippen LogP contribution in [-0.2, 0) is 6.54 Å². The minimum atomic E-state index is 0.516. The van der Waals surface area contributed by atoms with Crippen LogP contribution >= 0.6 is 11.6 Å². The molecule has 0 spiro atoms. The molecule has 0 fully saturated rings. The van der Waals surface area contributed by atoms with Gasteiger partial charge in [0.25, 0.3) is 0 Å². The van der Waals surface area contributed by atoms with Crippen molar-refractivity contribution >= 4 is 17.3 Å². The van der Waals surface area contributed by atoms with Crippen molar-refractivity contribution in [2.45, 2.75) is 20.4 Å². The monoisotopic (exact) mass is 246 g/mol.